The van der Waals surface area contributed by atoms with Crippen LogP contribution in [-0.2, 0) is 0 Å². The van der Waals surface area contributed by atoms with Gasteiger partial charge in [-0.15, -0.1) is 0 Å². The lowest BCUT2D eigenvalue weighted by molar-refractivity contribution is 0.102. The molecule has 0 heterocycles. The Hall–Kier alpha value is -2.66. The van der Waals surface area contributed by atoms with Crippen molar-refractivity contribution in [2.24, 2.45) is 0 Å². The van der Waals surface area contributed by atoms with E-state index in [-0.39, 0.29) is 5.56 Å². The fraction of sp³-hybridized carbons (Fsp3) is 0. The summed E-state index contributed by atoms with van der Waals surface area (Å²) in [6.45, 7) is 0. The first-order valence-electron chi connectivity index (χ1n) is 7.21. The minimum atomic E-state index is -0.551. The van der Waals surface area contributed by atoms with Crippen molar-refractivity contribution >= 4 is 27.5 Å². The molecular weight excluding hydrogens is 373 g/mol. The van der Waals surface area contributed by atoms with Gasteiger partial charge in [0.1, 0.15) is 17.3 Å². The summed E-state index contributed by atoms with van der Waals surface area (Å²) in [7, 11) is 0. The van der Waals surface area contributed by atoms with Gasteiger partial charge < -0.3 is 10.1 Å². The molecule has 0 aromatic heterocycles. The second kappa shape index (κ2) is 7.27. The van der Waals surface area contributed by atoms with Crippen LogP contribution in [0.15, 0.2) is 77.3 Å². The molecule has 0 aliphatic rings. The third-order valence-electron chi connectivity index (χ3n) is 3.28. The van der Waals surface area contributed by atoms with Gasteiger partial charge in [0.25, 0.3) is 5.91 Å². The molecule has 0 saturated carbocycles. The van der Waals surface area contributed by atoms with Gasteiger partial charge in [0, 0.05) is 10.2 Å². The molecule has 0 aliphatic heterocycles. The quantitative estimate of drug-likeness (QED) is 0.631. The smallest absolute Gasteiger partial charge is 0.258 e. The number of anilines is 1. The van der Waals surface area contributed by atoms with Gasteiger partial charge in [0.15, 0.2) is 0 Å². The number of ether oxygens (including phenoxy) is 1. The number of benzene rings is 3. The highest BCUT2D eigenvalue weighted by molar-refractivity contribution is 9.10. The van der Waals surface area contributed by atoms with Crippen LogP contribution in [0.1, 0.15) is 10.4 Å². The fourth-order valence-corrected chi connectivity index (χ4v) is 2.35. The predicted octanol–water partition coefficient (Wildman–Crippen LogP) is 5.63. The zero-order chi connectivity index (χ0) is 16.9. The van der Waals surface area contributed by atoms with Crippen LogP contribution in [0, 0.1) is 5.82 Å². The molecular formula is C19H13BrFNO2. The SMILES string of the molecule is O=C(Nc1ccc(Oc2ccc(Br)cc2)cc1)c1ccccc1F. The van der Waals surface area contributed by atoms with E-state index < -0.39 is 11.7 Å². The molecule has 120 valence electrons. The van der Waals surface area contributed by atoms with Gasteiger partial charge in [-0.25, -0.2) is 4.39 Å². The fourth-order valence-electron chi connectivity index (χ4n) is 2.09. The van der Waals surface area contributed by atoms with Crippen LogP contribution in [0.4, 0.5) is 10.1 Å². The minimum Gasteiger partial charge on any atom is -0.457 e. The Morgan fingerprint density at radius 2 is 1.46 bits per heavy atom. The minimum absolute atomic E-state index is 0.00712. The largest absolute Gasteiger partial charge is 0.457 e. The molecule has 3 rings (SSSR count). The molecule has 0 radical (unpaired) electrons. The Labute approximate surface area is 147 Å². The number of carbonyl (C=O) groups excluding carboxylic acids is 1. The molecule has 3 nitrogen and oxygen atoms in total. The first-order chi connectivity index (χ1) is 11.6. The van der Waals surface area contributed by atoms with Crippen molar-refractivity contribution in [3.05, 3.63) is 88.6 Å². The van der Waals surface area contributed by atoms with Gasteiger partial charge in [-0.1, -0.05) is 28.1 Å². The average molecular weight is 386 g/mol. The van der Waals surface area contributed by atoms with Crippen molar-refractivity contribution in [1.29, 1.82) is 0 Å². The zero-order valence-electron chi connectivity index (χ0n) is 12.5. The molecule has 3 aromatic rings. The van der Waals surface area contributed by atoms with Crippen molar-refractivity contribution < 1.29 is 13.9 Å². The molecule has 0 spiro atoms. The monoisotopic (exact) mass is 385 g/mol. The summed E-state index contributed by atoms with van der Waals surface area (Å²) in [5, 5.41) is 2.66. The number of nitrogens with one attached hydrogen (secondary N) is 1. The third kappa shape index (κ3) is 4.00. The van der Waals surface area contributed by atoms with E-state index in [1.807, 2.05) is 24.3 Å². The van der Waals surface area contributed by atoms with Crippen molar-refractivity contribution in [3.8, 4) is 11.5 Å². The molecule has 0 aliphatic carbocycles. The van der Waals surface area contributed by atoms with E-state index in [0.717, 1.165) is 4.47 Å². The summed E-state index contributed by atoms with van der Waals surface area (Å²) in [6, 6.07) is 20.2. The summed E-state index contributed by atoms with van der Waals surface area (Å²) in [5.74, 6) is 0.308. The lowest BCUT2D eigenvalue weighted by Gasteiger charge is -2.08. The van der Waals surface area contributed by atoms with Crippen molar-refractivity contribution in [2.75, 3.05) is 5.32 Å². The van der Waals surface area contributed by atoms with E-state index in [1.165, 1.54) is 12.1 Å². The maximum atomic E-state index is 13.6. The first kappa shape index (κ1) is 16.2. The van der Waals surface area contributed by atoms with Crippen LogP contribution in [0.2, 0.25) is 0 Å². The molecule has 3 aromatic carbocycles. The number of halogens is 2. The van der Waals surface area contributed by atoms with Gasteiger partial charge in [-0.3, -0.25) is 4.79 Å². The van der Waals surface area contributed by atoms with Crippen LogP contribution >= 0.6 is 15.9 Å². The van der Waals surface area contributed by atoms with Gasteiger partial charge in [0.05, 0.1) is 5.56 Å². The number of amides is 1. The zero-order valence-corrected chi connectivity index (χ0v) is 14.1. The van der Waals surface area contributed by atoms with Crippen LogP contribution in [0.3, 0.4) is 0 Å². The molecule has 0 saturated heterocycles. The summed E-state index contributed by atoms with van der Waals surface area (Å²) >= 11 is 3.37. The van der Waals surface area contributed by atoms with Crippen molar-refractivity contribution in [1.82, 2.24) is 0 Å². The number of rotatable bonds is 4. The number of hydrogen-bond acceptors (Lipinski definition) is 2. The average Bonchev–Trinajstić information content (AvgIpc) is 2.59. The second-order valence-corrected chi connectivity index (χ2v) is 5.93. The molecule has 5 heteroatoms. The van der Waals surface area contributed by atoms with Gasteiger partial charge in [-0.2, -0.15) is 0 Å². The highest BCUT2D eigenvalue weighted by Crippen LogP contribution is 2.24. The normalized spacial score (nSPS) is 10.2. The summed E-state index contributed by atoms with van der Waals surface area (Å²) in [6.07, 6.45) is 0. The van der Waals surface area contributed by atoms with Crippen molar-refractivity contribution in [2.45, 2.75) is 0 Å². The Kier molecular flexibility index (Phi) is 4.91. The Morgan fingerprint density at radius 3 is 2.08 bits per heavy atom. The van der Waals surface area contributed by atoms with Gasteiger partial charge >= 0.3 is 0 Å². The molecule has 1 N–H and O–H groups in total. The molecule has 0 atom stereocenters. The molecule has 24 heavy (non-hydrogen) atoms. The molecule has 1 amide bonds. The molecule has 0 fully saturated rings. The van der Waals surface area contributed by atoms with E-state index in [2.05, 4.69) is 21.2 Å². The van der Waals surface area contributed by atoms with E-state index in [0.29, 0.717) is 17.2 Å². The number of hydrogen-bond donors (Lipinski definition) is 1. The van der Waals surface area contributed by atoms with Crippen LogP contribution in [0.5, 0.6) is 11.5 Å². The predicted molar refractivity (Wildman–Crippen MR) is 95.0 cm³/mol. The highest BCUT2D eigenvalue weighted by Gasteiger charge is 2.10. The molecule has 0 unspecified atom stereocenters. The van der Waals surface area contributed by atoms with E-state index in [4.69, 9.17) is 4.74 Å². The van der Waals surface area contributed by atoms with Crippen LogP contribution in [0.25, 0.3) is 0 Å². The van der Waals surface area contributed by atoms with Gasteiger partial charge in [-0.05, 0) is 60.7 Å². The first-order valence-corrected chi connectivity index (χ1v) is 8.00. The van der Waals surface area contributed by atoms with Gasteiger partial charge in [0.2, 0.25) is 0 Å². The van der Waals surface area contributed by atoms with Crippen LogP contribution in [-0.4, -0.2) is 5.91 Å². The summed E-state index contributed by atoms with van der Waals surface area (Å²) < 4.78 is 20.3. The summed E-state index contributed by atoms with van der Waals surface area (Å²) in [4.78, 5) is 12.1. The third-order valence-corrected chi connectivity index (χ3v) is 3.81. The maximum absolute atomic E-state index is 13.6. The van der Waals surface area contributed by atoms with Crippen LogP contribution < -0.4 is 10.1 Å². The topological polar surface area (TPSA) is 38.3 Å². The summed E-state index contributed by atoms with van der Waals surface area (Å²) in [5.41, 5.74) is 0.569. The second-order valence-electron chi connectivity index (χ2n) is 5.01. The van der Waals surface area contributed by atoms with E-state index in [1.54, 1.807) is 36.4 Å². The number of carbonyl (C=O) groups is 1. The Morgan fingerprint density at radius 1 is 0.875 bits per heavy atom. The lowest BCUT2D eigenvalue weighted by Crippen LogP contribution is -2.13. The standard InChI is InChI=1S/C19H13BrFNO2/c20-13-5-9-15(10-6-13)24-16-11-7-14(8-12-16)22-19(23)17-3-1-2-4-18(17)21/h1-12H,(H,22,23). The van der Waals surface area contributed by atoms with Crippen molar-refractivity contribution in [3.63, 3.8) is 0 Å². The lowest BCUT2D eigenvalue weighted by atomic mass is 10.2. The molecule has 0 bridgehead atoms. The van der Waals surface area contributed by atoms with E-state index >= 15 is 0 Å². The Balaban J connectivity index is 1.67. The Bertz CT molecular complexity index is 848. The highest BCUT2D eigenvalue weighted by atomic mass is 79.9. The van der Waals surface area contributed by atoms with E-state index in [9.17, 15) is 9.18 Å². The maximum Gasteiger partial charge on any atom is 0.258 e.